The van der Waals surface area contributed by atoms with Gasteiger partial charge in [0.1, 0.15) is 9.84 Å². The van der Waals surface area contributed by atoms with Crippen LogP contribution < -0.4 is 5.73 Å². The monoisotopic (exact) mass is 503 g/mol. The predicted octanol–water partition coefficient (Wildman–Crippen LogP) is 3.72. The Morgan fingerprint density at radius 2 is 1.75 bits per heavy atom. The normalized spacial score (nSPS) is 14.9. The summed E-state index contributed by atoms with van der Waals surface area (Å²) in [4.78, 5) is 23.1. The van der Waals surface area contributed by atoms with Gasteiger partial charge in [-0.15, -0.1) is 0 Å². The zero-order valence-corrected chi connectivity index (χ0v) is 21.2. The average molecular weight is 504 g/mol. The fraction of sp³-hybridized carbons (Fsp3) is 0.296. The second-order valence-corrected chi connectivity index (χ2v) is 11.8. The molecule has 4 aromatic rings. The molecule has 2 heterocycles. The highest BCUT2D eigenvalue weighted by atomic mass is 32.2. The summed E-state index contributed by atoms with van der Waals surface area (Å²) in [7, 11) is -1.52. The van der Waals surface area contributed by atoms with Gasteiger partial charge in [0.25, 0.3) is 5.91 Å². The summed E-state index contributed by atoms with van der Waals surface area (Å²) in [6.45, 7) is 0.149. The number of para-hydroxylation sites is 1. The minimum absolute atomic E-state index is 0.0679. The SMILES string of the molecule is CN(CCS(C)(=O)=O)C(=O)c1cccc2ccn(C3(c4ccc(-c5cnc(N)nc5)cc4)CCC3)c12. The third-order valence-corrected chi connectivity index (χ3v) is 8.08. The number of hydrogen-bond acceptors (Lipinski definition) is 6. The molecule has 0 atom stereocenters. The standard InChI is InChI=1S/C27H29N5O3S/c1-31(15-16-36(2,34)35)25(33)23-6-3-5-20-11-14-32(24(20)23)27(12-4-13-27)22-9-7-19(8-10-22)21-17-29-26(28)30-18-21/h3,5-11,14,17-18H,4,12-13,15-16H2,1-2H3,(H2,28,29,30). The highest BCUT2D eigenvalue weighted by Gasteiger charge is 2.41. The van der Waals surface area contributed by atoms with E-state index in [-0.39, 0.29) is 29.7 Å². The van der Waals surface area contributed by atoms with Crippen LogP contribution in [0.1, 0.15) is 35.2 Å². The lowest BCUT2D eigenvalue weighted by Gasteiger charge is -2.45. The van der Waals surface area contributed by atoms with Gasteiger partial charge in [-0.05, 0) is 42.5 Å². The topological polar surface area (TPSA) is 111 Å². The van der Waals surface area contributed by atoms with Crippen LogP contribution in [0.3, 0.4) is 0 Å². The van der Waals surface area contributed by atoms with Crippen LogP contribution in [0.25, 0.3) is 22.0 Å². The number of benzene rings is 2. The van der Waals surface area contributed by atoms with Crippen molar-refractivity contribution in [2.45, 2.75) is 24.8 Å². The first-order chi connectivity index (χ1) is 17.2. The zero-order chi connectivity index (χ0) is 25.5. The highest BCUT2D eigenvalue weighted by molar-refractivity contribution is 7.90. The summed E-state index contributed by atoms with van der Waals surface area (Å²) < 4.78 is 25.5. The van der Waals surface area contributed by atoms with Crippen LogP contribution in [-0.2, 0) is 15.4 Å². The van der Waals surface area contributed by atoms with Crippen LogP contribution in [-0.4, -0.2) is 59.4 Å². The van der Waals surface area contributed by atoms with Crippen molar-refractivity contribution in [2.24, 2.45) is 0 Å². The number of hydrogen-bond donors (Lipinski definition) is 1. The van der Waals surface area contributed by atoms with Crippen molar-refractivity contribution in [3.05, 3.63) is 78.2 Å². The summed E-state index contributed by atoms with van der Waals surface area (Å²) in [6.07, 6.45) is 9.71. The van der Waals surface area contributed by atoms with Crippen molar-refractivity contribution in [3.8, 4) is 11.1 Å². The maximum atomic E-state index is 13.4. The van der Waals surface area contributed by atoms with E-state index < -0.39 is 9.84 Å². The number of carbonyl (C=O) groups is 1. The van der Waals surface area contributed by atoms with E-state index in [1.54, 1.807) is 19.4 Å². The lowest BCUT2D eigenvalue weighted by molar-refractivity contribution is 0.0804. The Balaban J connectivity index is 1.52. The van der Waals surface area contributed by atoms with Gasteiger partial charge in [0, 0.05) is 49.4 Å². The van der Waals surface area contributed by atoms with Crippen LogP contribution in [0.15, 0.2) is 67.1 Å². The van der Waals surface area contributed by atoms with Crippen molar-refractivity contribution in [2.75, 3.05) is 31.3 Å². The molecule has 0 unspecified atom stereocenters. The van der Waals surface area contributed by atoms with Gasteiger partial charge in [0.2, 0.25) is 5.95 Å². The number of nitrogen functional groups attached to an aromatic ring is 1. The van der Waals surface area contributed by atoms with Crippen molar-refractivity contribution in [1.82, 2.24) is 19.4 Å². The highest BCUT2D eigenvalue weighted by Crippen LogP contribution is 2.47. The van der Waals surface area contributed by atoms with E-state index in [2.05, 4.69) is 45.0 Å². The maximum absolute atomic E-state index is 13.4. The summed E-state index contributed by atoms with van der Waals surface area (Å²) in [5.41, 5.74) is 9.91. The molecular weight excluding hydrogens is 474 g/mol. The summed E-state index contributed by atoms with van der Waals surface area (Å²) in [5, 5.41) is 0.985. The number of sulfone groups is 1. The van der Waals surface area contributed by atoms with Crippen molar-refractivity contribution < 1.29 is 13.2 Å². The fourth-order valence-electron chi connectivity index (χ4n) is 4.97. The van der Waals surface area contributed by atoms with Crippen LogP contribution in [0.5, 0.6) is 0 Å². The Labute approximate surface area is 210 Å². The molecule has 8 nitrogen and oxygen atoms in total. The first kappa shape index (κ1) is 24.0. The number of amides is 1. The van der Waals surface area contributed by atoms with E-state index in [0.717, 1.165) is 41.3 Å². The number of nitrogens with zero attached hydrogens (tertiary/aromatic N) is 4. The number of aromatic nitrogens is 3. The van der Waals surface area contributed by atoms with Gasteiger partial charge in [-0.25, -0.2) is 18.4 Å². The third kappa shape index (κ3) is 4.35. The van der Waals surface area contributed by atoms with E-state index in [4.69, 9.17) is 5.73 Å². The Bertz CT molecular complexity index is 1520. The van der Waals surface area contributed by atoms with E-state index in [0.29, 0.717) is 5.56 Å². The minimum atomic E-state index is -3.17. The first-order valence-electron chi connectivity index (χ1n) is 11.9. The van der Waals surface area contributed by atoms with Gasteiger partial charge < -0.3 is 15.2 Å². The lowest BCUT2D eigenvalue weighted by atomic mass is 9.71. The third-order valence-electron chi connectivity index (χ3n) is 7.16. The predicted molar refractivity (Wildman–Crippen MR) is 141 cm³/mol. The Kier molecular flexibility index (Phi) is 6.04. The zero-order valence-electron chi connectivity index (χ0n) is 20.4. The van der Waals surface area contributed by atoms with Gasteiger partial charge in [-0.3, -0.25) is 4.79 Å². The fourth-order valence-corrected chi connectivity index (χ4v) is 5.58. The number of rotatable bonds is 7. The lowest BCUT2D eigenvalue weighted by Crippen LogP contribution is -2.41. The number of nitrogens with two attached hydrogens (primary N) is 1. The largest absolute Gasteiger partial charge is 0.368 e. The maximum Gasteiger partial charge on any atom is 0.255 e. The van der Waals surface area contributed by atoms with Gasteiger partial charge in [-0.2, -0.15) is 0 Å². The first-order valence-corrected chi connectivity index (χ1v) is 14.0. The molecule has 186 valence electrons. The molecule has 1 amide bonds. The minimum Gasteiger partial charge on any atom is -0.368 e. The molecule has 1 aliphatic rings. The van der Waals surface area contributed by atoms with Crippen LogP contribution in [0, 0.1) is 0 Å². The quantitative estimate of drug-likeness (QED) is 0.411. The molecule has 0 saturated heterocycles. The molecule has 1 saturated carbocycles. The van der Waals surface area contributed by atoms with Crippen LogP contribution in [0.2, 0.25) is 0 Å². The molecule has 2 aromatic carbocycles. The molecule has 0 radical (unpaired) electrons. The van der Waals surface area contributed by atoms with Crippen molar-refractivity contribution in [1.29, 1.82) is 0 Å². The molecule has 36 heavy (non-hydrogen) atoms. The van der Waals surface area contributed by atoms with Crippen LogP contribution in [0.4, 0.5) is 5.95 Å². The van der Waals surface area contributed by atoms with Crippen LogP contribution >= 0.6 is 0 Å². The summed E-state index contributed by atoms with van der Waals surface area (Å²) in [5.74, 6) is -0.00497. The molecule has 9 heteroatoms. The number of carbonyl (C=O) groups excluding carboxylic acids is 1. The van der Waals surface area contributed by atoms with Crippen molar-refractivity contribution in [3.63, 3.8) is 0 Å². The van der Waals surface area contributed by atoms with Gasteiger partial charge in [0.15, 0.2) is 0 Å². The molecule has 0 spiro atoms. The molecule has 0 bridgehead atoms. The number of anilines is 1. The molecule has 0 aliphatic heterocycles. The van der Waals surface area contributed by atoms with E-state index >= 15 is 0 Å². The average Bonchev–Trinajstić information content (AvgIpc) is 3.26. The molecular formula is C27H29N5O3S. The second-order valence-electron chi connectivity index (χ2n) is 9.58. The van der Waals surface area contributed by atoms with Gasteiger partial charge >= 0.3 is 0 Å². The Hall–Kier alpha value is -3.72. The molecule has 1 fully saturated rings. The van der Waals surface area contributed by atoms with Gasteiger partial charge in [0.05, 0.1) is 22.4 Å². The molecule has 1 aliphatic carbocycles. The smallest absolute Gasteiger partial charge is 0.255 e. The van der Waals surface area contributed by atoms with E-state index in [9.17, 15) is 13.2 Å². The number of fused-ring (bicyclic) bond motifs is 1. The summed E-state index contributed by atoms with van der Waals surface area (Å²) >= 11 is 0. The molecule has 2 aromatic heterocycles. The second kappa shape index (κ2) is 9.05. The summed E-state index contributed by atoms with van der Waals surface area (Å²) in [6, 6.07) is 16.2. The molecule has 5 rings (SSSR count). The Morgan fingerprint density at radius 1 is 1.06 bits per heavy atom. The van der Waals surface area contributed by atoms with E-state index in [1.165, 1.54) is 16.7 Å². The van der Waals surface area contributed by atoms with Crippen molar-refractivity contribution >= 4 is 32.6 Å². The Morgan fingerprint density at radius 3 is 2.36 bits per heavy atom. The van der Waals surface area contributed by atoms with E-state index in [1.807, 2.05) is 24.3 Å². The van der Waals surface area contributed by atoms with Gasteiger partial charge in [-0.1, -0.05) is 36.4 Å². The molecule has 2 N–H and O–H groups in total.